The standard InChI is InChI=1S/C28H31N5O9Si/c1-27(2,3)43(6,7)26-33-19(13-40-26)24-31-17(11-37-24)22-29-16(10-35-22)21-30-18(12-36-21)23-32-20(14-38-23)25(34)39-8-15-9-41-28(4,5)42-15/h10-15H,8-9H2,1-7H3. The van der Waals surface area contributed by atoms with Gasteiger partial charge in [-0.25, -0.2) is 29.7 Å². The average molecular weight is 610 g/mol. The fraction of sp³-hybridized carbons (Fsp3) is 0.429. The molecule has 1 fully saturated rings. The highest BCUT2D eigenvalue weighted by molar-refractivity contribution is 6.90. The largest absolute Gasteiger partial charge is 0.458 e. The van der Waals surface area contributed by atoms with E-state index >= 15 is 0 Å². The molecule has 5 aromatic heterocycles. The molecular weight excluding hydrogens is 578 g/mol. The first-order valence-corrected chi connectivity index (χ1v) is 16.6. The van der Waals surface area contributed by atoms with Crippen LogP contribution in [0.3, 0.4) is 0 Å². The van der Waals surface area contributed by atoms with E-state index in [1.807, 2.05) is 0 Å². The molecular formula is C28H31N5O9Si. The molecule has 0 aliphatic carbocycles. The van der Waals surface area contributed by atoms with Crippen LogP contribution < -0.4 is 5.51 Å². The number of hydrogen-bond acceptors (Lipinski definition) is 14. The zero-order chi connectivity index (χ0) is 30.6. The summed E-state index contributed by atoms with van der Waals surface area (Å²) < 4.78 is 44.4. The third kappa shape index (κ3) is 5.70. The van der Waals surface area contributed by atoms with Gasteiger partial charge in [-0.1, -0.05) is 33.9 Å². The maximum atomic E-state index is 12.4. The number of aromatic nitrogens is 5. The van der Waals surface area contributed by atoms with Crippen molar-refractivity contribution in [3.8, 4) is 46.3 Å². The van der Waals surface area contributed by atoms with Gasteiger partial charge in [-0.3, -0.25) is 0 Å². The normalized spacial score (nSPS) is 17.0. The number of carbonyl (C=O) groups is 1. The SMILES string of the molecule is CC1(C)OCC(COC(=O)c2coc(-c3coc(-c4coc(-c5coc(-c6coc([Si](C)(C)C(C)(C)C)n6)n5)n4)n3)n2)O1. The lowest BCUT2D eigenvalue weighted by molar-refractivity contribution is -0.142. The van der Waals surface area contributed by atoms with Crippen LogP contribution in [0.1, 0.15) is 45.1 Å². The van der Waals surface area contributed by atoms with Crippen molar-refractivity contribution in [3.05, 3.63) is 37.0 Å². The Morgan fingerprint density at radius 2 is 1.30 bits per heavy atom. The summed E-state index contributed by atoms with van der Waals surface area (Å²) in [6.07, 6.45) is 6.50. The molecule has 0 aromatic carbocycles. The summed E-state index contributed by atoms with van der Waals surface area (Å²) in [5.74, 6) is -0.683. The summed E-state index contributed by atoms with van der Waals surface area (Å²) in [5, 5.41) is 0.0602. The van der Waals surface area contributed by atoms with Crippen LogP contribution in [0.4, 0.5) is 0 Å². The van der Waals surface area contributed by atoms with Gasteiger partial charge >= 0.3 is 5.97 Å². The number of ether oxygens (including phenoxy) is 3. The third-order valence-corrected chi connectivity index (χ3v) is 12.5. The van der Waals surface area contributed by atoms with Gasteiger partial charge in [-0.05, 0) is 18.9 Å². The van der Waals surface area contributed by atoms with Crippen molar-refractivity contribution in [2.24, 2.45) is 0 Å². The second kappa shape index (κ2) is 10.4. The molecule has 0 spiro atoms. The van der Waals surface area contributed by atoms with E-state index < -0.39 is 19.8 Å². The highest BCUT2D eigenvalue weighted by Crippen LogP contribution is 2.36. The molecule has 43 heavy (non-hydrogen) atoms. The maximum Gasteiger partial charge on any atom is 0.360 e. The predicted octanol–water partition coefficient (Wildman–Crippen LogP) is 5.32. The van der Waals surface area contributed by atoms with Gasteiger partial charge in [-0.15, -0.1) is 0 Å². The van der Waals surface area contributed by atoms with Crippen LogP contribution in [0, 0.1) is 0 Å². The number of nitrogens with zero attached hydrogens (tertiary/aromatic N) is 5. The Morgan fingerprint density at radius 3 is 1.81 bits per heavy atom. The maximum absolute atomic E-state index is 12.4. The van der Waals surface area contributed by atoms with Crippen LogP contribution in [0.5, 0.6) is 0 Å². The first-order chi connectivity index (χ1) is 20.3. The van der Waals surface area contributed by atoms with E-state index in [2.05, 4.69) is 58.8 Å². The van der Waals surface area contributed by atoms with Crippen molar-refractivity contribution < 1.29 is 41.1 Å². The molecule has 0 amide bonds. The van der Waals surface area contributed by atoms with Gasteiger partial charge in [0.15, 0.2) is 47.8 Å². The fourth-order valence-corrected chi connectivity index (χ4v) is 5.42. The Hall–Kier alpha value is -4.34. The van der Waals surface area contributed by atoms with Crippen molar-refractivity contribution in [1.29, 1.82) is 0 Å². The molecule has 0 bridgehead atoms. The van der Waals surface area contributed by atoms with Gasteiger partial charge in [0, 0.05) is 0 Å². The molecule has 1 aliphatic rings. The second-order valence-electron chi connectivity index (χ2n) is 12.1. The molecule has 1 saturated heterocycles. The molecule has 1 unspecified atom stereocenters. The average Bonchev–Trinajstić information content (AvgIpc) is 3.78. The molecule has 0 N–H and O–H groups in total. The van der Waals surface area contributed by atoms with Crippen molar-refractivity contribution in [3.63, 3.8) is 0 Å². The van der Waals surface area contributed by atoms with Gasteiger partial charge in [-0.2, -0.15) is 0 Å². The molecule has 0 radical (unpaired) electrons. The van der Waals surface area contributed by atoms with E-state index in [1.165, 1.54) is 25.1 Å². The zero-order valence-electron chi connectivity index (χ0n) is 24.8. The van der Waals surface area contributed by atoms with Crippen LogP contribution in [0.15, 0.2) is 53.4 Å². The van der Waals surface area contributed by atoms with Gasteiger partial charge in [0.2, 0.25) is 23.6 Å². The lowest BCUT2D eigenvalue weighted by Gasteiger charge is -2.33. The quantitative estimate of drug-likeness (QED) is 0.163. The monoisotopic (exact) mass is 609 g/mol. The summed E-state index contributed by atoms with van der Waals surface area (Å²) in [6.45, 7) is 14.9. The minimum absolute atomic E-state index is 0.0215. The highest BCUT2D eigenvalue weighted by Gasteiger charge is 2.42. The minimum Gasteiger partial charge on any atom is -0.458 e. The molecule has 14 nitrogen and oxygen atoms in total. The van der Waals surface area contributed by atoms with Crippen molar-refractivity contribution in [2.75, 3.05) is 13.2 Å². The minimum atomic E-state index is -1.96. The summed E-state index contributed by atoms with van der Waals surface area (Å²) in [6, 6.07) is 0. The topological polar surface area (TPSA) is 175 Å². The Bertz CT molecular complexity index is 1750. The van der Waals surface area contributed by atoms with E-state index in [0.29, 0.717) is 23.7 Å². The van der Waals surface area contributed by atoms with Gasteiger partial charge in [0.25, 0.3) is 0 Å². The number of esters is 1. The Kier molecular flexibility index (Phi) is 6.98. The van der Waals surface area contributed by atoms with Crippen LogP contribution in [0.2, 0.25) is 18.1 Å². The third-order valence-electron chi connectivity index (χ3n) is 7.48. The molecule has 6 rings (SSSR count). The predicted molar refractivity (Wildman–Crippen MR) is 151 cm³/mol. The van der Waals surface area contributed by atoms with Crippen LogP contribution in [0.25, 0.3) is 46.3 Å². The van der Waals surface area contributed by atoms with Crippen molar-refractivity contribution >= 4 is 19.6 Å². The molecule has 1 aliphatic heterocycles. The van der Waals surface area contributed by atoms with E-state index in [4.69, 9.17) is 36.3 Å². The summed E-state index contributed by atoms with van der Waals surface area (Å²) in [7, 11) is -1.96. The smallest absolute Gasteiger partial charge is 0.360 e. The number of carbonyl (C=O) groups excluding carboxylic acids is 1. The Morgan fingerprint density at radius 1 is 0.814 bits per heavy atom. The van der Waals surface area contributed by atoms with Crippen molar-refractivity contribution in [1.82, 2.24) is 24.9 Å². The van der Waals surface area contributed by atoms with E-state index in [-0.39, 0.29) is 52.7 Å². The molecule has 1 atom stereocenters. The Labute approximate surface area is 246 Å². The number of oxazole rings is 5. The first-order valence-electron chi connectivity index (χ1n) is 13.6. The molecule has 5 aromatic rings. The van der Waals surface area contributed by atoms with Crippen LogP contribution in [-0.4, -0.2) is 64.1 Å². The molecule has 0 saturated carbocycles. The second-order valence-corrected chi connectivity index (χ2v) is 17.3. The summed E-state index contributed by atoms with van der Waals surface area (Å²) in [5.41, 5.74) is 2.11. The lowest BCUT2D eigenvalue weighted by atomic mass is 10.2. The number of rotatable bonds is 8. The van der Waals surface area contributed by atoms with Crippen LogP contribution >= 0.6 is 0 Å². The van der Waals surface area contributed by atoms with Gasteiger partial charge < -0.3 is 36.3 Å². The molecule has 226 valence electrons. The fourth-order valence-electron chi connectivity index (χ4n) is 4.02. The highest BCUT2D eigenvalue weighted by atomic mass is 28.3. The van der Waals surface area contributed by atoms with Crippen molar-refractivity contribution in [2.45, 2.75) is 64.6 Å². The first kappa shape index (κ1) is 28.8. The Balaban J connectivity index is 1.11. The van der Waals surface area contributed by atoms with Gasteiger partial charge in [0.1, 0.15) is 44.0 Å². The van der Waals surface area contributed by atoms with E-state index in [1.54, 1.807) is 20.1 Å². The lowest BCUT2D eigenvalue weighted by Crippen LogP contribution is -2.50. The van der Waals surface area contributed by atoms with Gasteiger partial charge in [0.05, 0.1) is 6.61 Å². The molecule has 15 heteroatoms. The van der Waals surface area contributed by atoms with Crippen LogP contribution in [-0.2, 0) is 14.2 Å². The summed E-state index contributed by atoms with van der Waals surface area (Å²) in [4.78, 5) is 34.5. The van der Waals surface area contributed by atoms with E-state index in [9.17, 15) is 4.79 Å². The number of hydrogen-bond donors (Lipinski definition) is 0. The van der Waals surface area contributed by atoms with E-state index in [0.717, 1.165) is 5.51 Å². The zero-order valence-corrected chi connectivity index (χ0v) is 25.8. The summed E-state index contributed by atoms with van der Waals surface area (Å²) >= 11 is 0. The molecule has 6 heterocycles.